The lowest BCUT2D eigenvalue weighted by Crippen LogP contribution is -2.37. The van der Waals surface area contributed by atoms with Crippen LogP contribution in [0.5, 0.6) is 0 Å². The fourth-order valence-corrected chi connectivity index (χ4v) is 4.36. The van der Waals surface area contributed by atoms with Gasteiger partial charge in [0.15, 0.2) is 0 Å². The first-order valence-electron chi connectivity index (χ1n) is 9.75. The van der Waals surface area contributed by atoms with Crippen LogP contribution in [0.25, 0.3) is 11.0 Å². The van der Waals surface area contributed by atoms with E-state index in [0.29, 0.717) is 18.5 Å². The molecule has 0 amide bonds. The molecule has 0 radical (unpaired) electrons. The van der Waals surface area contributed by atoms with Crippen molar-refractivity contribution in [2.24, 2.45) is 0 Å². The molecule has 0 spiro atoms. The van der Waals surface area contributed by atoms with E-state index in [1.54, 1.807) is 0 Å². The standard InChI is InChI=1S/C22H27N3O2/c1-25(18-10-7-16(8-11-18)15-5-3-2-4-6-15)14-21(26)17-9-12-19-20(13-17)24-22(27)23-19/h2-6,9,12-13,16,18,21,26H,7-8,10-11,14H2,1H3,(H2,23,24,27). The third-order valence-electron chi connectivity index (χ3n) is 5.98. The Bertz CT molecular complexity index is 939. The van der Waals surface area contributed by atoms with Gasteiger partial charge in [-0.2, -0.15) is 0 Å². The molecule has 142 valence electrons. The van der Waals surface area contributed by atoms with Gasteiger partial charge < -0.3 is 20.0 Å². The van der Waals surface area contributed by atoms with Crippen LogP contribution >= 0.6 is 0 Å². The molecule has 1 heterocycles. The van der Waals surface area contributed by atoms with Crippen LogP contribution in [0.15, 0.2) is 53.3 Å². The summed E-state index contributed by atoms with van der Waals surface area (Å²) in [6.07, 6.45) is 4.15. The minimum atomic E-state index is -0.565. The monoisotopic (exact) mass is 365 g/mol. The molecule has 1 aromatic heterocycles. The highest BCUT2D eigenvalue weighted by Gasteiger charge is 2.26. The van der Waals surface area contributed by atoms with E-state index >= 15 is 0 Å². The molecule has 0 bridgehead atoms. The number of nitrogens with zero attached hydrogens (tertiary/aromatic N) is 1. The van der Waals surface area contributed by atoms with Crippen molar-refractivity contribution in [3.8, 4) is 0 Å². The summed E-state index contributed by atoms with van der Waals surface area (Å²) in [5.41, 5.74) is 3.57. The SMILES string of the molecule is CN(CC(O)c1ccc2[nH]c(=O)[nH]c2c1)C1CCC(c2ccccc2)CC1. The molecule has 2 aromatic carbocycles. The normalized spacial score (nSPS) is 21.6. The van der Waals surface area contributed by atoms with E-state index in [1.165, 1.54) is 18.4 Å². The molecule has 1 atom stereocenters. The lowest BCUT2D eigenvalue weighted by molar-refractivity contribution is 0.0891. The molecule has 0 saturated heterocycles. The van der Waals surface area contributed by atoms with Crippen molar-refractivity contribution in [3.05, 3.63) is 70.1 Å². The number of nitrogens with one attached hydrogen (secondary N) is 2. The Morgan fingerprint density at radius 2 is 1.74 bits per heavy atom. The fourth-order valence-electron chi connectivity index (χ4n) is 4.36. The van der Waals surface area contributed by atoms with E-state index in [2.05, 4.69) is 52.2 Å². The Balaban J connectivity index is 1.35. The van der Waals surface area contributed by atoms with Crippen molar-refractivity contribution in [1.82, 2.24) is 14.9 Å². The summed E-state index contributed by atoms with van der Waals surface area (Å²) < 4.78 is 0. The molecule has 1 fully saturated rings. The Labute approximate surface area is 159 Å². The predicted molar refractivity (Wildman–Crippen MR) is 108 cm³/mol. The number of hydrogen-bond donors (Lipinski definition) is 3. The molecule has 1 aliphatic rings. The van der Waals surface area contributed by atoms with Gasteiger partial charge in [0, 0.05) is 12.6 Å². The van der Waals surface area contributed by atoms with Gasteiger partial charge >= 0.3 is 5.69 Å². The average Bonchev–Trinajstić information content (AvgIpc) is 3.08. The van der Waals surface area contributed by atoms with Gasteiger partial charge in [-0.1, -0.05) is 36.4 Å². The van der Waals surface area contributed by atoms with E-state index in [0.717, 1.165) is 29.4 Å². The number of aromatic nitrogens is 2. The second kappa shape index (κ2) is 7.71. The first-order valence-corrected chi connectivity index (χ1v) is 9.75. The quantitative estimate of drug-likeness (QED) is 0.647. The van der Waals surface area contributed by atoms with Gasteiger partial charge in [0.25, 0.3) is 0 Å². The summed E-state index contributed by atoms with van der Waals surface area (Å²) in [6, 6.07) is 16.9. The van der Waals surface area contributed by atoms with E-state index in [1.807, 2.05) is 18.2 Å². The van der Waals surface area contributed by atoms with Crippen LogP contribution in [0.1, 0.15) is 48.8 Å². The third-order valence-corrected chi connectivity index (χ3v) is 5.98. The summed E-state index contributed by atoms with van der Waals surface area (Å²) in [5.74, 6) is 0.661. The van der Waals surface area contributed by atoms with E-state index in [9.17, 15) is 9.90 Å². The second-order valence-corrected chi connectivity index (χ2v) is 7.76. The van der Waals surface area contributed by atoms with Crippen molar-refractivity contribution < 1.29 is 5.11 Å². The van der Waals surface area contributed by atoms with Crippen LogP contribution in [0.2, 0.25) is 0 Å². The van der Waals surface area contributed by atoms with Gasteiger partial charge in [0.2, 0.25) is 0 Å². The van der Waals surface area contributed by atoms with Gasteiger partial charge in [-0.15, -0.1) is 0 Å². The average molecular weight is 365 g/mol. The summed E-state index contributed by atoms with van der Waals surface area (Å²) in [6.45, 7) is 0.598. The third kappa shape index (κ3) is 3.99. The van der Waals surface area contributed by atoms with Crippen molar-refractivity contribution in [2.45, 2.75) is 43.7 Å². The minimum absolute atomic E-state index is 0.219. The number of rotatable bonds is 5. The molecule has 1 saturated carbocycles. The molecule has 5 heteroatoms. The van der Waals surface area contributed by atoms with Gasteiger partial charge in [-0.05, 0) is 61.9 Å². The van der Waals surface area contributed by atoms with Gasteiger partial charge in [-0.25, -0.2) is 4.79 Å². The zero-order chi connectivity index (χ0) is 18.8. The van der Waals surface area contributed by atoms with Gasteiger partial charge in [-0.3, -0.25) is 0 Å². The largest absolute Gasteiger partial charge is 0.387 e. The summed E-state index contributed by atoms with van der Waals surface area (Å²) >= 11 is 0. The van der Waals surface area contributed by atoms with Crippen LogP contribution in [-0.2, 0) is 0 Å². The lowest BCUT2D eigenvalue weighted by atomic mass is 9.81. The number of imidazole rings is 1. The topological polar surface area (TPSA) is 72.1 Å². The Hall–Kier alpha value is -2.37. The molecule has 0 aliphatic heterocycles. The van der Waals surface area contributed by atoms with E-state index in [4.69, 9.17) is 0 Å². The molecule has 3 aromatic rings. The van der Waals surface area contributed by atoms with Crippen molar-refractivity contribution in [1.29, 1.82) is 0 Å². The van der Waals surface area contributed by atoms with Crippen molar-refractivity contribution in [3.63, 3.8) is 0 Å². The number of H-pyrrole nitrogens is 2. The number of hydrogen-bond acceptors (Lipinski definition) is 3. The first-order chi connectivity index (χ1) is 13.1. The van der Waals surface area contributed by atoms with Crippen LogP contribution in [0, 0.1) is 0 Å². The Kier molecular flexibility index (Phi) is 5.14. The number of benzene rings is 2. The van der Waals surface area contributed by atoms with Crippen LogP contribution in [0.4, 0.5) is 0 Å². The highest BCUT2D eigenvalue weighted by molar-refractivity contribution is 5.75. The van der Waals surface area contributed by atoms with Crippen molar-refractivity contribution >= 4 is 11.0 Å². The smallest absolute Gasteiger partial charge is 0.323 e. The number of aromatic amines is 2. The van der Waals surface area contributed by atoms with Crippen molar-refractivity contribution in [2.75, 3.05) is 13.6 Å². The van der Waals surface area contributed by atoms with Gasteiger partial charge in [0.1, 0.15) is 0 Å². The fraction of sp³-hybridized carbons (Fsp3) is 0.409. The maximum atomic E-state index is 11.4. The summed E-state index contributed by atoms with van der Waals surface area (Å²) in [5, 5.41) is 10.7. The molecule has 5 nitrogen and oxygen atoms in total. The van der Waals surface area contributed by atoms with E-state index in [-0.39, 0.29) is 5.69 Å². The second-order valence-electron chi connectivity index (χ2n) is 7.76. The van der Waals surface area contributed by atoms with E-state index < -0.39 is 6.10 Å². The van der Waals surface area contributed by atoms with Gasteiger partial charge in [0.05, 0.1) is 17.1 Å². The highest BCUT2D eigenvalue weighted by atomic mass is 16.3. The number of aliphatic hydroxyl groups excluding tert-OH is 1. The van der Waals surface area contributed by atoms with Crippen LogP contribution < -0.4 is 5.69 Å². The molecule has 4 rings (SSSR count). The number of likely N-dealkylation sites (N-methyl/N-ethyl adjacent to an activating group) is 1. The predicted octanol–water partition coefficient (Wildman–Crippen LogP) is 3.55. The summed E-state index contributed by atoms with van der Waals surface area (Å²) in [7, 11) is 2.10. The molecular weight excluding hydrogens is 338 g/mol. The molecular formula is C22H27N3O2. The Morgan fingerprint density at radius 1 is 1.04 bits per heavy atom. The molecule has 1 unspecified atom stereocenters. The maximum Gasteiger partial charge on any atom is 0.323 e. The number of aliphatic hydroxyl groups is 1. The zero-order valence-corrected chi connectivity index (χ0v) is 15.7. The maximum absolute atomic E-state index is 11.4. The minimum Gasteiger partial charge on any atom is -0.387 e. The zero-order valence-electron chi connectivity index (χ0n) is 15.7. The van der Waals surface area contributed by atoms with Crippen LogP contribution in [-0.4, -0.2) is 39.6 Å². The lowest BCUT2D eigenvalue weighted by Gasteiger charge is -2.35. The summed E-state index contributed by atoms with van der Waals surface area (Å²) in [4.78, 5) is 19.2. The first kappa shape index (κ1) is 18.0. The molecule has 27 heavy (non-hydrogen) atoms. The number of fused-ring (bicyclic) bond motifs is 1. The van der Waals surface area contributed by atoms with Crippen LogP contribution in [0.3, 0.4) is 0 Å². The molecule has 3 N–H and O–H groups in total. The highest BCUT2D eigenvalue weighted by Crippen LogP contribution is 2.34. The Morgan fingerprint density at radius 3 is 2.48 bits per heavy atom. The molecule has 1 aliphatic carbocycles.